The van der Waals surface area contributed by atoms with Crippen molar-refractivity contribution < 1.29 is 9.18 Å². The van der Waals surface area contributed by atoms with Gasteiger partial charge < -0.3 is 5.32 Å². The molecule has 4 heteroatoms. The van der Waals surface area contributed by atoms with Gasteiger partial charge in [0.15, 0.2) is 0 Å². The molecule has 0 saturated heterocycles. The molecule has 1 N–H and O–H groups in total. The number of hydrogen-bond acceptors (Lipinski definition) is 1. The smallest absolute Gasteiger partial charge is 0.322 e. The van der Waals surface area contributed by atoms with Gasteiger partial charge in [0.2, 0.25) is 0 Å². The third-order valence-corrected chi connectivity index (χ3v) is 1.98. The maximum absolute atomic E-state index is 13.0. The standard InChI is InChI=1S/C12H17FN2O/c1-12(2,3)14-11(16)15(4)10-7-5-6-9(13)8-10/h5-8H,1-4H3,(H,14,16). The molecule has 0 bridgehead atoms. The SMILES string of the molecule is CN(C(=O)NC(C)(C)C)c1cccc(F)c1. The maximum Gasteiger partial charge on any atom is 0.322 e. The van der Waals surface area contributed by atoms with Gasteiger partial charge in [0.25, 0.3) is 0 Å². The van der Waals surface area contributed by atoms with Crippen LogP contribution in [0.15, 0.2) is 24.3 Å². The number of halogens is 1. The first-order valence-electron chi connectivity index (χ1n) is 5.11. The van der Waals surface area contributed by atoms with E-state index < -0.39 is 0 Å². The zero-order chi connectivity index (χ0) is 12.3. The van der Waals surface area contributed by atoms with Crippen molar-refractivity contribution in [1.82, 2.24) is 5.32 Å². The Kier molecular flexibility index (Phi) is 3.52. The Labute approximate surface area is 95.3 Å². The minimum Gasteiger partial charge on any atom is -0.333 e. The van der Waals surface area contributed by atoms with Crippen LogP contribution in [0.4, 0.5) is 14.9 Å². The van der Waals surface area contributed by atoms with Crippen LogP contribution >= 0.6 is 0 Å². The first-order chi connectivity index (χ1) is 7.29. The van der Waals surface area contributed by atoms with E-state index in [0.29, 0.717) is 5.69 Å². The van der Waals surface area contributed by atoms with Gasteiger partial charge in [0.1, 0.15) is 5.82 Å². The Hall–Kier alpha value is -1.58. The van der Waals surface area contributed by atoms with E-state index in [1.54, 1.807) is 19.2 Å². The summed E-state index contributed by atoms with van der Waals surface area (Å²) < 4.78 is 13.0. The number of hydrogen-bond donors (Lipinski definition) is 1. The van der Waals surface area contributed by atoms with Gasteiger partial charge in [0.05, 0.1) is 0 Å². The van der Waals surface area contributed by atoms with Crippen molar-refractivity contribution in [1.29, 1.82) is 0 Å². The molecule has 0 fully saturated rings. The fraction of sp³-hybridized carbons (Fsp3) is 0.417. The lowest BCUT2D eigenvalue weighted by Crippen LogP contribution is -2.47. The molecule has 16 heavy (non-hydrogen) atoms. The molecule has 88 valence electrons. The molecule has 0 spiro atoms. The lowest BCUT2D eigenvalue weighted by Gasteiger charge is -2.25. The molecule has 0 saturated carbocycles. The second-order valence-corrected chi connectivity index (χ2v) is 4.72. The van der Waals surface area contributed by atoms with Crippen LogP contribution in [-0.2, 0) is 0 Å². The molecular formula is C12H17FN2O. The molecule has 1 rings (SSSR count). The van der Waals surface area contributed by atoms with Crippen LogP contribution in [0, 0.1) is 5.82 Å². The number of nitrogens with zero attached hydrogens (tertiary/aromatic N) is 1. The van der Waals surface area contributed by atoms with E-state index in [1.807, 2.05) is 20.8 Å². The van der Waals surface area contributed by atoms with Crippen LogP contribution in [0.3, 0.4) is 0 Å². The number of anilines is 1. The van der Waals surface area contributed by atoms with Crippen LogP contribution in [0.2, 0.25) is 0 Å². The third-order valence-electron chi connectivity index (χ3n) is 1.98. The Morgan fingerprint density at radius 3 is 2.50 bits per heavy atom. The summed E-state index contributed by atoms with van der Waals surface area (Å²) in [5.74, 6) is -0.354. The molecule has 0 aliphatic rings. The lowest BCUT2D eigenvalue weighted by atomic mass is 10.1. The number of carbonyl (C=O) groups is 1. The van der Waals surface area contributed by atoms with Crippen molar-refractivity contribution in [2.75, 3.05) is 11.9 Å². The van der Waals surface area contributed by atoms with E-state index in [0.717, 1.165) is 0 Å². The summed E-state index contributed by atoms with van der Waals surface area (Å²) in [5.41, 5.74) is 0.223. The van der Waals surface area contributed by atoms with Crippen LogP contribution in [0.1, 0.15) is 20.8 Å². The van der Waals surface area contributed by atoms with Gasteiger partial charge in [0, 0.05) is 18.3 Å². The predicted octanol–water partition coefficient (Wildman–Crippen LogP) is 2.77. The number of benzene rings is 1. The molecule has 1 aromatic rings. The molecule has 0 aliphatic heterocycles. The highest BCUT2D eigenvalue weighted by atomic mass is 19.1. The van der Waals surface area contributed by atoms with Crippen LogP contribution in [-0.4, -0.2) is 18.6 Å². The fourth-order valence-electron chi connectivity index (χ4n) is 1.21. The lowest BCUT2D eigenvalue weighted by molar-refractivity contribution is 0.239. The summed E-state index contributed by atoms with van der Waals surface area (Å²) in [7, 11) is 1.61. The molecule has 0 aliphatic carbocycles. The number of amides is 2. The Morgan fingerprint density at radius 2 is 2.00 bits per heavy atom. The van der Waals surface area contributed by atoms with Crippen LogP contribution < -0.4 is 10.2 Å². The second kappa shape index (κ2) is 4.51. The number of rotatable bonds is 1. The van der Waals surface area contributed by atoms with Crippen LogP contribution in [0.25, 0.3) is 0 Å². The summed E-state index contributed by atoms with van der Waals surface area (Å²) in [5, 5.41) is 2.80. The zero-order valence-corrected chi connectivity index (χ0v) is 10.0. The predicted molar refractivity (Wildman–Crippen MR) is 63.1 cm³/mol. The molecule has 0 aromatic heterocycles. The fourth-order valence-corrected chi connectivity index (χ4v) is 1.21. The van der Waals surface area contributed by atoms with E-state index in [-0.39, 0.29) is 17.4 Å². The summed E-state index contributed by atoms with van der Waals surface area (Å²) >= 11 is 0. The van der Waals surface area contributed by atoms with E-state index in [4.69, 9.17) is 0 Å². The molecule has 0 heterocycles. The highest BCUT2D eigenvalue weighted by Crippen LogP contribution is 2.14. The molecule has 2 amide bonds. The molecule has 1 aromatic carbocycles. The van der Waals surface area contributed by atoms with E-state index >= 15 is 0 Å². The summed E-state index contributed by atoms with van der Waals surface area (Å²) in [4.78, 5) is 13.1. The van der Waals surface area contributed by atoms with Crippen molar-refractivity contribution in [2.45, 2.75) is 26.3 Å². The van der Waals surface area contributed by atoms with Crippen molar-refractivity contribution >= 4 is 11.7 Å². The van der Waals surface area contributed by atoms with Gasteiger partial charge >= 0.3 is 6.03 Å². The molecular weight excluding hydrogens is 207 g/mol. The van der Waals surface area contributed by atoms with Gasteiger partial charge in [-0.25, -0.2) is 9.18 Å². The van der Waals surface area contributed by atoms with Crippen molar-refractivity contribution in [3.63, 3.8) is 0 Å². The van der Waals surface area contributed by atoms with Gasteiger partial charge in [-0.2, -0.15) is 0 Å². The monoisotopic (exact) mass is 224 g/mol. The van der Waals surface area contributed by atoms with Gasteiger partial charge in [-0.15, -0.1) is 0 Å². The van der Waals surface area contributed by atoms with E-state index in [1.165, 1.54) is 17.0 Å². The van der Waals surface area contributed by atoms with Crippen LogP contribution in [0.5, 0.6) is 0 Å². The van der Waals surface area contributed by atoms with Gasteiger partial charge in [-0.05, 0) is 39.0 Å². The first-order valence-corrected chi connectivity index (χ1v) is 5.11. The Bertz CT molecular complexity index is 385. The summed E-state index contributed by atoms with van der Waals surface area (Å²) in [6, 6.07) is 5.68. The molecule has 0 unspecified atom stereocenters. The Morgan fingerprint density at radius 1 is 1.38 bits per heavy atom. The second-order valence-electron chi connectivity index (χ2n) is 4.72. The molecule has 3 nitrogen and oxygen atoms in total. The van der Waals surface area contributed by atoms with E-state index in [2.05, 4.69) is 5.32 Å². The zero-order valence-electron chi connectivity index (χ0n) is 10.0. The van der Waals surface area contributed by atoms with Gasteiger partial charge in [-0.3, -0.25) is 4.90 Å². The van der Waals surface area contributed by atoms with E-state index in [9.17, 15) is 9.18 Å². The average molecular weight is 224 g/mol. The minimum atomic E-state index is -0.354. The van der Waals surface area contributed by atoms with Gasteiger partial charge in [-0.1, -0.05) is 6.07 Å². The molecule has 0 atom stereocenters. The third kappa shape index (κ3) is 3.53. The number of carbonyl (C=O) groups excluding carboxylic acids is 1. The van der Waals surface area contributed by atoms with Crippen molar-refractivity contribution in [3.05, 3.63) is 30.1 Å². The summed E-state index contributed by atoms with van der Waals surface area (Å²) in [6.45, 7) is 5.68. The quantitative estimate of drug-likeness (QED) is 0.781. The normalized spacial score (nSPS) is 11.1. The largest absolute Gasteiger partial charge is 0.333 e. The van der Waals surface area contributed by atoms with Crippen molar-refractivity contribution in [3.8, 4) is 0 Å². The minimum absolute atomic E-state index is 0.252. The highest BCUT2D eigenvalue weighted by molar-refractivity contribution is 5.91. The Balaban J connectivity index is 2.78. The molecule has 0 radical (unpaired) electrons. The maximum atomic E-state index is 13.0. The average Bonchev–Trinajstić information content (AvgIpc) is 2.14. The topological polar surface area (TPSA) is 32.3 Å². The first kappa shape index (κ1) is 12.5. The van der Waals surface area contributed by atoms with Crippen molar-refractivity contribution in [2.24, 2.45) is 0 Å². The number of urea groups is 1. The summed E-state index contributed by atoms with van der Waals surface area (Å²) in [6.07, 6.45) is 0. The number of nitrogens with one attached hydrogen (secondary N) is 1. The highest BCUT2D eigenvalue weighted by Gasteiger charge is 2.17.